The Morgan fingerprint density at radius 1 is 1.45 bits per heavy atom. The molecule has 2 fully saturated rings. The van der Waals surface area contributed by atoms with Gasteiger partial charge < -0.3 is 9.30 Å². The molecule has 5 heteroatoms. The summed E-state index contributed by atoms with van der Waals surface area (Å²) in [5.41, 5.74) is 2.56. The molecular formula is C15H14ClN3O. The number of aromatic nitrogens is 2. The number of benzene rings is 1. The minimum Gasteiger partial charge on any atom is -0.373 e. The number of imidazole rings is 1. The molecule has 3 atom stereocenters. The summed E-state index contributed by atoms with van der Waals surface area (Å²) >= 11 is 6.07. The van der Waals surface area contributed by atoms with Crippen LogP contribution in [0.4, 0.5) is 0 Å². The number of alkyl halides is 1. The lowest BCUT2D eigenvalue weighted by Gasteiger charge is -2.22. The molecule has 0 aliphatic carbocycles. The van der Waals surface area contributed by atoms with Gasteiger partial charge in [0.2, 0.25) is 0 Å². The lowest BCUT2D eigenvalue weighted by atomic mass is 9.95. The van der Waals surface area contributed by atoms with E-state index in [2.05, 4.69) is 15.6 Å². The van der Waals surface area contributed by atoms with Crippen LogP contribution in [-0.2, 0) is 10.6 Å². The molecular weight excluding hydrogens is 274 g/mol. The fraction of sp³-hybridized carbons (Fsp3) is 0.467. The van der Waals surface area contributed by atoms with Gasteiger partial charge in [-0.3, -0.25) is 0 Å². The first kappa shape index (κ1) is 12.2. The SMILES string of the molecule is N#Cc1ccc2nc(CCl)n(C3CC4CCC3O4)c2c1. The van der Waals surface area contributed by atoms with Gasteiger partial charge in [-0.15, -0.1) is 11.6 Å². The highest BCUT2D eigenvalue weighted by molar-refractivity contribution is 6.16. The van der Waals surface area contributed by atoms with E-state index in [-0.39, 0.29) is 6.10 Å². The molecule has 2 aromatic rings. The fourth-order valence-electron chi connectivity index (χ4n) is 3.56. The zero-order valence-corrected chi connectivity index (χ0v) is 11.7. The van der Waals surface area contributed by atoms with E-state index in [1.165, 1.54) is 0 Å². The van der Waals surface area contributed by atoms with Crippen molar-refractivity contribution in [3.8, 4) is 6.07 Å². The molecule has 3 unspecified atom stereocenters. The highest BCUT2D eigenvalue weighted by Gasteiger charge is 2.42. The molecule has 102 valence electrons. The summed E-state index contributed by atoms with van der Waals surface area (Å²) in [6, 6.07) is 8.10. The van der Waals surface area contributed by atoms with Gasteiger partial charge in [0.15, 0.2) is 0 Å². The van der Waals surface area contributed by atoms with Crippen molar-refractivity contribution in [2.75, 3.05) is 0 Å². The average Bonchev–Trinajstić information content (AvgIpc) is 3.18. The van der Waals surface area contributed by atoms with Gasteiger partial charge in [0.05, 0.1) is 46.8 Å². The molecule has 0 saturated carbocycles. The zero-order valence-electron chi connectivity index (χ0n) is 10.9. The van der Waals surface area contributed by atoms with Gasteiger partial charge in [0, 0.05) is 0 Å². The second-order valence-corrected chi connectivity index (χ2v) is 5.79. The molecule has 3 heterocycles. The maximum atomic E-state index is 9.09. The predicted molar refractivity (Wildman–Crippen MR) is 75.6 cm³/mol. The van der Waals surface area contributed by atoms with Crippen LogP contribution < -0.4 is 0 Å². The molecule has 2 bridgehead atoms. The molecule has 1 aromatic carbocycles. The molecule has 2 aliphatic rings. The minimum absolute atomic E-state index is 0.269. The number of rotatable bonds is 2. The van der Waals surface area contributed by atoms with Gasteiger partial charge in [0.1, 0.15) is 5.82 Å². The third-order valence-electron chi connectivity index (χ3n) is 4.42. The standard InChI is InChI=1S/C15H14ClN3O/c16-7-15-18-11-3-1-9(8-17)5-12(11)19(15)13-6-10-2-4-14(13)20-10/h1,3,5,10,13-14H,2,4,6-7H2. The Balaban J connectivity index is 1.90. The lowest BCUT2D eigenvalue weighted by molar-refractivity contribution is 0.0940. The Labute approximate surface area is 121 Å². The Bertz CT molecular complexity index is 718. The molecule has 4 nitrogen and oxygen atoms in total. The average molecular weight is 288 g/mol. The molecule has 0 N–H and O–H groups in total. The summed E-state index contributed by atoms with van der Waals surface area (Å²) < 4.78 is 8.16. The summed E-state index contributed by atoms with van der Waals surface area (Å²) in [7, 11) is 0. The Hall–Kier alpha value is -1.57. The number of halogens is 1. The van der Waals surface area contributed by atoms with Gasteiger partial charge in [-0.2, -0.15) is 5.26 Å². The van der Waals surface area contributed by atoms with Gasteiger partial charge >= 0.3 is 0 Å². The topological polar surface area (TPSA) is 50.8 Å². The first-order valence-electron chi connectivity index (χ1n) is 6.92. The van der Waals surface area contributed by atoms with E-state index in [9.17, 15) is 0 Å². The summed E-state index contributed by atoms with van der Waals surface area (Å²) in [6.07, 6.45) is 3.94. The number of ether oxygens (including phenoxy) is 1. The molecule has 1 aromatic heterocycles. The van der Waals surface area contributed by atoms with Crippen LogP contribution in [0.15, 0.2) is 18.2 Å². The second-order valence-electron chi connectivity index (χ2n) is 5.52. The molecule has 2 aliphatic heterocycles. The van der Waals surface area contributed by atoms with E-state index in [4.69, 9.17) is 21.6 Å². The van der Waals surface area contributed by atoms with Crippen LogP contribution in [0.25, 0.3) is 11.0 Å². The van der Waals surface area contributed by atoms with Crippen molar-refractivity contribution in [2.24, 2.45) is 0 Å². The van der Waals surface area contributed by atoms with Crippen molar-refractivity contribution >= 4 is 22.6 Å². The zero-order chi connectivity index (χ0) is 13.7. The largest absolute Gasteiger partial charge is 0.373 e. The quantitative estimate of drug-likeness (QED) is 0.797. The molecule has 0 spiro atoms. The van der Waals surface area contributed by atoms with Gasteiger partial charge in [-0.1, -0.05) is 0 Å². The Kier molecular flexibility index (Phi) is 2.73. The number of hydrogen-bond donors (Lipinski definition) is 0. The predicted octanol–water partition coefficient (Wildman–Crippen LogP) is 3.14. The van der Waals surface area contributed by atoms with E-state index in [0.29, 0.717) is 23.6 Å². The third kappa shape index (κ3) is 1.67. The van der Waals surface area contributed by atoms with Crippen LogP contribution in [0.2, 0.25) is 0 Å². The maximum absolute atomic E-state index is 9.09. The first-order valence-corrected chi connectivity index (χ1v) is 7.46. The number of nitrogens with zero attached hydrogens (tertiary/aromatic N) is 3. The normalized spacial score (nSPS) is 28.1. The highest BCUT2D eigenvalue weighted by atomic mass is 35.5. The van der Waals surface area contributed by atoms with Crippen molar-refractivity contribution in [1.29, 1.82) is 5.26 Å². The van der Waals surface area contributed by atoms with E-state index < -0.39 is 0 Å². The van der Waals surface area contributed by atoms with Gasteiger partial charge in [-0.25, -0.2) is 4.98 Å². The molecule has 4 rings (SSSR count). The van der Waals surface area contributed by atoms with Crippen LogP contribution in [0, 0.1) is 11.3 Å². The van der Waals surface area contributed by atoms with Gasteiger partial charge in [-0.05, 0) is 37.5 Å². The van der Waals surface area contributed by atoms with Crippen LogP contribution in [0.1, 0.15) is 36.7 Å². The van der Waals surface area contributed by atoms with Crippen molar-refractivity contribution in [1.82, 2.24) is 9.55 Å². The molecule has 2 saturated heterocycles. The molecule has 0 radical (unpaired) electrons. The monoisotopic (exact) mass is 287 g/mol. The van der Waals surface area contributed by atoms with E-state index in [1.54, 1.807) is 6.07 Å². The van der Waals surface area contributed by atoms with Crippen LogP contribution in [0.3, 0.4) is 0 Å². The van der Waals surface area contributed by atoms with Crippen molar-refractivity contribution in [2.45, 2.75) is 43.4 Å². The summed E-state index contributed by atoms with van der Waals surface area (Å²) in [5, 5.41) is 9.09. The van der Waals surface area contributed by atoms with E-state index in [1.807, 2.05) is 12.1 Å². The Morgan fingerprint density at radius 2 is 2.35 bits per heavy atom. The second kappa shape index (κ2) is 4.47. The first-order chi connectivity index (χ1) is 9.80. The van der Waals surface area contributed by atoms with E-state index >= 15 is 0 Å². The minimum atomic E-state index is 0.269. The lowest BCUT2D eigenvalue weighted by Crippen LogP contribution is -2.22. The van der Waals surface area contributed by atoms with Crippen LogP contribution in [0.5, 0.6) is 0 Å². The van der Waals surface area contributed by atoms with Crippen molar-refractivity contribution < 1.29 is 4.74 Å². The van der Waals surface area contributed by atoms with Crippen molar-refractivity contribution in [3.63, 3.8) is 0 Å². The third-order valence-corrected chi connectivity index (χ3v) is 4.66. The molecule has 0 amide bonds. The van der Waals surface area contributed by atoms with Crippen LogP contribution in [-0.4, -0.2) is 21.8 Å². The fourth-order valence-corrected chi connectivity index (χ4v) is 3.75. The highest BCUT2D eigenvalue weighted by Crippen LogP contribution is 2.43. The molecule has 20 heavy (non-hydrogen) atoms. The summed E-state index contributed by atoms with van der Waals surface area (Å²) in [6.45, 7) is 0. The summed E-state index contributed by atoms with van der Waals surface area (Å²) in [4.78, 5) is 4.60. The van der Waals surface area contributed by atoms with E-state index in [0.717, 1.165) is 36.1 Å². The van der Waals surface area contributed by atoms with Crippen LogP contribution >= 0.6 is 11.6 Å². The van der Waals surface area contributed by atoms with Gasteiger partial charge in [0.25, 0.3) is 0 Å². The number of nitriles is 1. The number of fused-ring (bicyclic) bond motifs is 3. The summed E-state index contributed by atoms with van der Waals surface area (Å²) in [5.74, 6) is 1.25. The Morgan fingerprint density at radius 3 is 3.00 bits per heavy atom. The smallest absolute Gasteiger partial charge is 0.125 e. The van der Waals surface area contributed by atoms with Crippen molar-refractivity contribution in [3.05, 3.63) is 29.6 Å². The number of hydrogen-bond acceptors (Lipinski definition) is 3. The maximum Gasteiger partial charge on any atom is 0.125 e.